The lowest BCUT2D eigenvalue weighted by molar-refractivity contribution is -0.112. The van der Waals surface area contributed by atoms with Crippen LogP contribution in [0.1, 0.15) is 5.56 Å². The monoisotopic (exact) mass is 348 g/mol. The summed E-state index contributed by atoms with van der Waals surface area (Å²) in [5, 5.41) is 15.4. The lowest BCUT2D eigenvalue weighted by Gasteiger charge is -2.26. The molecule has 24 heavy (non-hydrogen) atoms. The van der Waals surface area contributed by atoms with Gasteiger partial charge in [-0.15, -0.1) is 0 Å². The smallest absolute Gasteiger partial charge is 0.267 e. The van der Waals surface area contributed by atoms with E-state index in [0.29, 0.717) is 17.3 Å². The van der Waals surface area contributed by atoms with Crippen LogP contribution in [0.15, 0.2) is 30.0 Å². The van der Waals surface area contributed by atoms with E-state index >= 15 is 0 Å². The summed E-state index contributed by atoms with van der Waals surface area (Å²) in [5.41, 5.74) is 1.51. The minimum absolute atomic E-state index is 0.0219. The van der Waals surface area contributed by atoms with E-state index in [-0.39, 0.29) is 5.57 Å². The van der Waals surface area contributed by atoms with Gasteiger partial charge in [0.05, 0.1) is 13.2 Å². The highest BCUT2D eigenvalue weighted by Gasteiger charge is 2.11. The molecule has 0 aliphatic carbocycles. The summed E-state index contributed by atoms with van der Waals surface area (Å²) in [5.74, 6) is -0.462. The molecule has 0 saturated carbocycles. The molecule has 6 nitrogen and oxygen atoms in total. The van der Waals surface area contributed by atoms with E-state index in [1.165, 1.54) is 6.20 Å². The third-order valence-corrected chi connectivity index (χ3v) is 4.12. The predicted molar refractivity (Wildman–Crippen MR) is 93.8 cm³/mol. The van der Waals surface area contributed by atoms with Crippen LogP contribution in [0.3, 0.4) is 0 Å². The third-order valence-electron chi connectivity index (χ3n) is 3.72. The molecule has 1 saturated heterocycles. The summed E-state index contributed by atoms with van der Waals surface area (Å²) >= 11 is 6.03. The maximum Gasteiger partial charge on any atom is 0.267 e. The van der Waals surface area contributed by atoms with Crippen molar-refractivity contribution in [2.45, 2.75) is 6.92 Å². The third kappa shape index (κ3) is 5.53. The number of hydrogen-bond donors (Lipinski definition) is 2. The molecule has 0 unspecified atom stereocenters. The van der Waals surface area contributed by atoms with Gasteiger partial charge in [0.25, 0.3) is 5.91 Å². The number of carbonyl (C=O) groups excluding carboxylic acids is 1. The normalized spacial score (nSPS) is 15.6. The second kappa shape index (κ2) is 9.28. The minimum Gasteiger partial charge on any atom is -0.388 e. The Labute approximate surface area is 147 Å². The molecule has 1 aliphatic rings. The van der Waals surface area contributed by atoms with Gasteiger partial charge in [0.1, 0.15) is 11.6 Å². The number of ether oxygens (including phenoxy) is 1. The molecule has 1 heterocycles. The second-order valence-electron chi connectivity index (χ2n) is 5.50. The molecule has 0 spiro atoms. The fraction of sp³-hybridized carbons (Fsp3) is 0.412. The molecule has 7 heteroatoms. The summed E-state index contributed by atoms with van der Waals surface area (Å²) in [6, 6.07) is 7.13. The molecular formula is C17H21ClN4O2. The summed E-state index contributed by atoms with van der Waals surface area (Å²) in [7, 11) is 0. The Morgan fingerprint density at radius 3 is 2.88 bits per heavy atom. The molecule has 0 atom stereocenters. The van der Waals surface area contributed by atoms with Gasteiger partial charge in [-0.1, -0.05) is 17.7 Å². The van der Waals surface area contributed by atoms with E-state index in [1.807, 2.05) is 19.1 Å². The standard InChI is InChI=1S/C17H21ClN4O2/c1-13-2-3-15(10-16(13)18)21-17(23)14(11-19)12-20-4-5-22-6-8-24-9-7-22/h2-3,10,12,20H,4-9H2,1H3,(H,21,23)/b14-12-. The van der Waals surface area contributed by atoms with E-state index in [0.717, 1.165) is 38.4 Å². The molecule has 0 bridgehead atoms. The average molecular weight is 349 g/mol. The van der Waals surface area contributed by atoms with Crippen molar-refractivity contribution in [3.05, 3.63) is 40.6 Å². The number of anilines is 1. The number of amides is 1. The van der Waals surface area contributed by atoms with Crippen LogP contribution < -0.4 is 10.6 Å². The van der Waals surface area contributed by atoms with Crippen molar-refractivity contribution in [3.63, 3.8) is 0 Å². The van der Waals surface area contributed by atoms with Gasteiger partial charge in [-0.05, 0) is 24.6 Å². The fourth-order valence-corrected chi connectivity index (χ4v) is 2.42. The highest BCUT2D eigenvalue weighted by Crippen LogP contribution is 2.20. The van der Waals surface area contributed by atoms with E-state index in [9.17, 15) is 4.79 Å². The average Bonchev–Trinajstić information content (AvgIpc) is 2.59. The number of nitrogens with one attached hydrogen (secondary N) is 2. The number of nitrogens with zero attached hydrogens (tertiary/aromatic N) is 2. The summed E-state index contributed by atoms with van der Waals surface area (Å²) in [4.78, 5) is 14.4. The number of benzene rings is 1. The van der Waals surface area contributed by atoms with Crippen LogP contribution in [0.5, 0.6) is 0 Å². The van der Waals surface area contributed by atoms with Gasteiger partial charge in [0.2, 0.25) is 0 Å². The summed E-state index contributed by atoms with van der Waals surface area (Å²) < 4.78 is 5.29. The molecule has 0 radical (unpaired) electrons. The Morgan fingerprint density at radius 2 is 2.21 bits per heavy atom. The van der Waals surface area contributed by atoms with Crippen LogP contribution in [0, 0.1) is 18.3 Å². The van der Waals surface area contributed by atoms with Crippen LogP contribution in [-0.4, -0.2) is 50.2 Å². The Bertz CT molecular complexity index is 648. The molecule has 2 N–H and O–H groups in total. The Kier molecular flexibility index (Phi) is 7.07. The zero-order chi connectivity index (χ0) is 17.4. The van der Waals surface area contributed by atoms with Crippen molar-refractivity contribution in [1.82, 2.24) is 10.2 Å². The number of aryl methyl sites for hydroxylation is 1. The van der Waals surface area contributed by atoms with Gasteiger partial charge in [-0.25, -0.2) is 0 Å². The van der Waals surface area contributed by atoms with Crippen LogP contribution >= 0.6 is 11.6 Å². The van der Waals surface area contributed by atoms with Crippen molar-refractivity contribution in [1.29, 1.82) is 5.26 Å². The molecule has 2 rings (SSSR count). The van der Waals surface area contributed by atoms with Crippen molar-refractivity contribution in [2.24, 2.45) is 0 Å². The van der Waals surface area contributed by atoms with Crippen LogP contribution in [0.2, 0.25) is 5.02 Å². The second-order valence-corrected chi connectivity index (χ2v) is 5.90. The van der Waals surface area contributed by atoms with Gasteiger partial charge in [0.15, 0.2) is 0 Å². The number of rotatable bonds is 6. The molecule has 1 aromatic carbocycles. The molecule has 1 aromatic rings. The number of hydrogen-bond acceptors (Lipinski definition) is 5. The van der Waals surface area contributed by atoms with E-state index in [4.69, 9.17) is 21.6 Å². The van der Waals surface area contributed by atoms with Crippen LogP contribution in [0.4, 0.5) is 5.69 Å². The molecular weight excluding hydrogens is 328 g/mol. The lowest BCUT2D eigenvalue weighted by atomic mass is 10.2. The summed E-state index contributed by atoms with van der Waals surface area (Å²) in [6.45, 7) is 6.70. The van der Waals surface area contributed by atoms with Gasteiger partial charge >= 0.3 is 0 Å². The number of carbonyl (C=O) groups is 1. The Morgan fingerprint density at radius 1 is 1.46 bits per heavy atom. The molecule has 1 amide bonds. The largest absolute Gasteiger partial charge is 0.388 e. The first-order valence-corrected chi connectivity index (χ1v) is 8.19. The Hall–Kier alpha value is -2.07. The van der Waals surface area contributed by atoms with E-state index in [1.54, 1.807) is 12.1 Å². The van der Waals surface area contributed by atoms with Gasteiger partial charge in [-0.2, -0.15) is 5.26 Å². The first kappa shape index (κ1) is 18.3. The fourth-order valence-electron chi connectivity index (χ4n) is 2.24. The van der Waals surface area contributed by atoms with Crippen molar-refractivity contribution < 1.29 is 9.53 Å². The first-order valence-electron chi connectivity index (χ1n) is 7.81. The van der Waals surface area contributed by atoms with Crippen molar-refractivity contribution in [3.8, 4) is 6.07 Å². The quantitative estimate of drug-likeness (QED) is 0.466. The zero-order valence-electron chi connectivity index (χ0n) is 13.6. The Balaban J connectivity index is 1.83. The van der Waals surface area contributed by atoms with Gasteiger partial charge in [-0.3, -0.25) is 9.69 Å². The molecule has 1 fully saturated rings. The maximum absolute atomic E-state index is 12.1. The number of halogens is 1. The maximum atomic E-state index is 12.1. The highest BCUT2D eigenvalue weighted by atomic mass is 35.5. The summed E-state index contributed by atoms with van der Waals surface area (Å²) in [6.07, 6.45) is 1.45. The van der Waals surface area contributed by atoms with Gasteiger partial charge < -0.3 is 15.4 Å². The van der Waals surface area contributed by atoms with E-state index in [2.05, 4.69) is 15.5 Å². The minimum atomic E-state index is -0.462. The molecule has 0 aromatic heterocycles. The van der Waals surface area contributed by atoms with Gasteiger partial charge in [0, 0.05) is 43.1 Å². The van der Waals surface area contributed by atoms with Crippen molar-refractivity contribution in [2.75, 3.05) is 44.7 Å². The predicted octanol–water partition coefficient (Wildman–Crippen LogP) is 1.92. The van der Waals surface area contributed by atoms with Crippen LogP contribution in [0.25, 0.3) is 0 Å². The topological polar surface area (TPSA) is 77.4 Å². The van der Waals surface area contributed by atoms with Crippen LogP contribution in [-0.2, 0) is 9.53 Å². The first-order chi connectivity index (χ1) is 11.6. The van der Waals surface area contributed by atoms with E-state index < -0.39 is 5.91 Å². The highest BCUT2D eigenvalue weighted by molar-refractivity contribution is 6.31. The number of nitriles is 1. The molecule has 128 valence electrons. The number of morpholine rings is 1. The molecule has 1 aliphatic heterocycles. The van der Waals surface area contributed by atoms with Crippen molar-refractivity contribution >= 4 is 23.2 Å². The lowest BCUT2D eigenvalue weighted by Crippen LogP contribution is -2.39. The SMILES string of the molecule is Cc1ccc(NC(=O)/C(C#N)=C\NCCN2CCOCC2)cc1Cl. The zero-order valence-corrected chi connectivity index (χ0v) is 14.4.